The second kappa shape index (κ2) is 16.1. The van der Waals surface area contributed by atoms with Crippen LogP contribution in [0.1, 0.15) is 68.5 Å². The third-order valence-electron chi connectivity index (χ3n) is 10.4. The summed E-state index contributed by atoms with van der Waals surface area (Å²) in [7, 11) is 0. The molecule has 294 valence electrons. The lowest BCUT2D eigenvalue weighted by Gasteiger charge is -2.36. The van der Waals surface area contributed by atoms with Crippen LogP contribution in [0.3, 0.4) is 0 Å². The van der Waals surface area contributed by atoms with E-state index in [1.165, 1.54) is 30.6 Å². The number of carbonyl (C=O) groups is 2. The number of alkyl halides is 2. The Labute approximate surface area is 335 Å². The number of amides is 2. The first-order valence-corrected chi connectivity index (χ1v) is 19.0. The smallest absolute Gasteiger partial charge is 0.295 e. The zero-order chi connectivity index (χ0) is 40.5. The van der Waals surface area contributed by atoms with E-state index in [1.807, 2.05) is 21.9 Å². The minimum atomic E-state index is -2.76. The van der Waals surface area contributed by atoms with Crippen LogP contribution < -0.4 is 9.80 Å². The quantitative estimate of drug-likeness (QED) is 0.163. The summed E-state index contributed by atoms with van der Waals surface area (Å²) in [5, 5.41) is 19.9. The summed E-state index contributed by atoms with van der Waals surface area (Å²) >= 11 is 6.07. The fraction of sp³-hybridized carbons (Fsp3) is 0.286. The molecule has 4 aromatic heterocycles. The molecular formula is C42H34ClF3N8O4. The predicted octanol–water partition coefficient (Wildman–Crippen LogP) is 7.93. The Morgan fingerprint density at radius 3 is 1.74 bits per heavy atom. The summed E-state index contributed by atoms with van der Waals surface area (Å²) in [6, 6.07) is 16.7. The van der Waals surface area contributed by atoms with Crippen LogP contribution in [-0.2, 0) is 0 Å². The summed E-state index contributed by atoms with van der Waals surface area (Å²) in [5.74, 6) is 0.0728. The van der Waals surface area contributed by atoms with Crippen molar-refractivity contribution in [2.45, 2.75) is 25.2 Å². The van der Waals surface area contributed by atoms with Gasteiger partial charge in [-0.05, 0) is 61.4 Å². The monoisotopic (exact) mass is 806 g/mol. The van der Waals surface area contributed by atoms with Crippen LogP contribution in [0.4, 0.5) is 24.5 Å². The number of anilines is 2. The Hall–Kier alpha value is -6.58. The average Bonchev–Trinajstić information content (AvgIpc) is 3.84. The number of hydrogen-bond acceptors (Lipinski definition) is 10. The van der Waals surface area contributed by atoms with E-state index >= 15 is 0 Å². The van der Waals surface area contributed by atoms with Gasteiger partial charge in [0.1, 0.15) is 33.9 Å². The van der Waals surface area contributed by atoms with Gasteiger partial charge < -0.3 is 28.4 Å². The predicted molar refractivity (Wildman–Crippen MR) is 208 cm³/mol. The molecule has 6 heterocycles. The van der Waals surface area contributed by atoms with Gasteiger partial charge in [0.25, 0.3) is 18.2 Å². The lowest BCUT2D eigenvalue weighted by Crippen LogP contribution is -2.48. The second-order valence-corrected chi connectivity index (χ2v) is 14.7. The highest BCUT2D eigenvalue weighted by Gasteiger charge is 2.30. The molecule has 2 saturated heterocycles. The van der Waals surface area contributed by atoms with Crippen LogP contribution in [0.2, 0.25) is 5.02 Å². The van der Waals surface area contributed by atoms with Gasteiger partial charge in [-0.25, -0.2) is 13.2 Å². The Kier molecular flexibility index (Phi) is 10.6. The first kappa shape index (κ1) is 38.3. The number of hydrogen-bond donors (Lipinski definition) is 0. The lowest BCUT2D eigenvalue weighted by atomic mass is 10.1. The molecule has 3 aliphatic rings. The molecule has 3 fully saturated rings. The number of carbonyl (C=O) groups excluding carboxylic acids is 2. The van der Waals surface area contributed by atoms with Crippen molar-refractivity contribution >= 4 is 56.7 Å². The van der Waals surface area contributed by atoms with E-state index < -0.39 is 18.0 Å². The Bertz CT molecular complexity index is 2440. The van der Waals surface area contributed by atoms with Crippen LogP contribution in [-0.4, -0.2) is 83.9 Å². The van der Waals surface area contributed by atoms with E-state index in [-0.39, 0.29) is 23.0 Å². The molecule has 2 aromatic carbocycles. The fourth-order valence-electron chi connectivity index (χ4n) is 7.26. The third-order valence-corrected chi connectivity index (χ3v) is 10.6. The number of benzene rings is 2. The van der Waals surface area contributed by atoms with Crippen molar-refractivity contribution in [2.75, 3.05) is 62.2 Å². The first-order chi connectivity index (χ1) is 28.1. The van der Waals surface area contributed by atoms with Gasteiger partial charge in [-0.3, -0.25) is 19.6 Å². The minimum absolute atomic E-state index is 0.101. The number of halogens is 4. The SMILES string of the molecule is N#Cc1cc(Cl)cc(N2CCN(C(=O)c3cncc4cc(C(F)F)oc34)CC2)c1.N#Cc1cc(F)cc(N2CCN(C(=O)c3cncc4cc(C5CC5)oc34)CC2)c1. The van der Waals surface area contributed by atoms with E-state index in [4.69, 9.17) is 31.0 Å². The zero-order valence-corrected chi connectivity index (χ0v) is 31.6. The summed E-state index contributed by atoms with van der Waals surface area (Å²) in [6.45, 7) is 4.07. The minimum Gasteiger partial charge on any atom is -0.460 e. The van der Waals surface area contributed by atoms with E-state index in [9.17, 15) is 22.8 Å². The summed E-state index contributed by atoms with van der Waals surface area (Å²) in [6.07, 6.45) is 5.54. The van der Waals surface area contributed by atoms with Gasteiger partial charge in [0.2, 0.25) is 0 Å². The number of furan rings is 2. The standard InChI is InChI=1S/C22H19FN4O2.C20H15ClF2N4O2/c23-17-7-14(11-24)8-18(10-17)26-3-5-27(6-4-26)22(28)19-13-25-12-16-9-20(15-1-2-15)29-21(16)19;21-14-5-12(9-24)6-15(8-14)26-1-3-27(4-2-26)20(28)16-11-25-10-13-7-17(19(22)23)29-18(13)16/h7-10,12-13,15H,1-6H2;5-8,10-11,19H,1-4H2. The van der Waals surface area contributed by atoms with Gasteiger partial charge in [-0.1, -0.05) is 11.6 Å². The number of nitrogens with zero attached hydrogens (tertiary/aromatic N) is 8. The van der Waals surface area contributed by atoms with E-state index in [0.29, 0.717) is 96.6 Å². The fourth-order valence-corrected chi connectivity index (χ4v) is 7.49. The molecule has 2 amide bonds. The number of rotatable bonds is 6. The Balaban J connectivity index is 0.000000162. The molecule has 0 atom stereocenters. The lowest BCUT2D eigenvalue weighted by molar-refractivity contribution is 0.0739. The number of pyridine rings is 2. The van der Waals surface area contributed by atoms with Gasteiger partial charge in [-0.2, -0.15) is 10.5 Å². The third kappa shape index (κ3) is 7.99. The van der Waals surface area contributed by atoms with E-state index in [1.54, 1.807) is 46.5 Å². The molecule has 58 heavy (non-hydrogen) atoms. The molecule has 0 unspecified atom stereocenters. The molecule has 0 radical (unpaired) electrons. The normalized spacial score (nSPS) is 15.6. The van der Waals surface area contributed by atoms with Crippen LogP contribution in [0.25, 0.3) is 21.9 Å². The second-order valence-electron chi connectivity index (χ2n) is 14.3. The topological polar surface area (TPSA) is 147 Å². The van der Waals surface area contributed by atoms with Crippen LogP contribution in [0, 0.1) is 28.5 Å². The maximum Gasteiger partial charge on any atom is 0.295 e. The van der Waals surface area contributed by atoms with Crippen molar-refractivity contribution in [1.82, 2.24) is 19.8 Å². The van der Waals surface area contributed by atoms with Crippen molar-refractivity contribution in [3.63, 3.8) is 0 Å². The highest BCUT2D eigenvalue weighted by atomic mass is 35.5. The van der Waals surface area contributed by atoms with Crippen molar-refractivity contribution in [3.05, 3.63) is 118 Å². The Morgan fingerprint density at radius 2 is 1.21 bits per heavy atom. The van der Waals surface area contributed by atoms with Gasteiger partial charge in [-0.15, -0.1) is 0 Å². The highest BCUT2D eigenvalue weighted by molar-refractivity contribution is 6.31. The van der Waals surface area contributed by atoms with Crippen LogP contribution in [0.5, 0.6) is 0 Å². The number of piperazine rings is 2. The van der Waals surface area contributed by atoms with Crippen molar-refractivity contribution in [1.29, 1.82) is 10.5 Å². The zero-order valence-electron chi connectivity index (χ0n) is 30.9. The van der Waals surface area contributed by atoms with E-state index in [0.717, 1.165) is 29.7 Å². The molecule has 6 aromatic rings. The first-order valence-electron chi connectivity index (χ1n) is 18.6. The summed E-state index contributed by atoms with van der Waals surface area (Å²) < 4.78 is 50.8. The highest BCUT2D eigenvalue weighted by Crippen LogP contribution is 2.42. The molecule has 0 spiro atoms. The van der Waals surface area contributed by atoms with Crippen LogP contribution >= 0.6 is 11.6 Å². The van der Waals surface area contributed by atoms with E-state index in [2.05, 4.69) is 16.0 Å². The molecule has 1 aliphatic carbocycles. The van der Waals surface area contributed by atoms with Crippen molar-refractivity contribution in [2.24, 2.45) is 0 Å². The molecule has 0 bridgehead atoms. The number of aromatic nitrogens is 2. The summed E-state index contributed by atoms with van der Waals surface area (Å²) in [5.41, 5.74) is 3.62. The van der Waals surface area contributed by atoms with Gasteiger partial charge in [0.15, 0.2) is 5.76 Å². The molecule has 12 nitrogen and oxygen atoms in total. The average molecular weight is 807 g/mol. The van der Waals surface area contributed by atoms with Crippen molar-refractivity contribution < 1.29 is 31.6 Å². The molecule has 1 saturated carbocycles. The molecule has 2 aliphatic heterocycles. The van der Waals surface area contributed by atoms with Crippen LogP contribution in [0.15, 0.2) is 82.2 Å². The molecular weight excluding hydrogens is 773 g/mol. The maximum absolute atomic E-state index is 13.7. The van der Waals surface area contributed by atoms with Gasteiger partial charge in [0.05, 0.1) is 23.3 Å². The molecule has 9 rings (SSSR count). The van der Waals surface area contributed by atoms with Crippen molar-refractivity contribution in [3.8, 4) is 12.1 Å². The van der Waals surface area contributed by atoms with Gasteiger partial charge >= 0.3 is 0 Å². The number of fused-ring (bicyclic) bond motifs is 2. The number of nitriles is 2. The maximum atomic E-state index is 13.7. The largest absolute Gasteiger partial charge is 0.460 e. The Morgan fingerprint density at radius 1 is 0.690 bits per heavy atom. The molecule has 16 heteroatoms. The summed E-state index contributed by atoms with van der Waals surface area (Å²) in [4.78, 5) is 41.7. The van der Waals surface area contributed by atoms with Gasteiger partial charge in [0, 0.05) is 110 Å². The molecule has 0 N–H and O–H groups in total.